The normalized spacial score (nSPS) is 10.0. The minimum Gasteiger partial charge on any atom is -0.382 e. The monoisotopic (exact) mass is 258 g/mol. The molecule has 4 nitrogen and oxygen atoms in total. The maximum atomic E-state index is 9.20. The van der Waals surface area contributed by atoms with E-state index in [1.807, 2.05) is 35.2 Å². The molecular formula is C13H14N4S. The highest BCUT2D eigenvalue weighted by molar-refractivity contribution is 7.98. The molecule has 0 bridgehead atoms. The zero-order valence-electron chi connectivity index (χ0n) is 10.1. The lowest BCUT2D eigenvalue weighted by Crippen LogP contribution is -2.10. The SMILES string of the molecule is CSc1cccc(NCCn2ccnc2)c1C#N. The third kappa shape index (κ3) is 2.84. The maximum Gasteiger partial charge on any atom is 0.102 e. The Bertz CT molecular complexity index is 543. The van der Waals surface area contributed by atoms with Crippen LogP contribution in [0, 0.1) is 11.3 Å². The summed E-state index contributed by atoms with van der Waals surface area (Å²) in [7, 11) is 0. The molecule has 0 fully saturated rings. The van der Waals surface area contributed by atoms with Gasteiger partial charge in [0.05, 0.1) is 17.6 Å². The number of nitrogens with one attached hydrogen (secondary N) is 1. The van der Waals surface area contributed by atoms with Crippen molar-refractivity contribution >= 4 is 17.4 Å². The number of hydrogen-bond acceptors (Lipinski definition) is 4. The van der Waals surface area contributed by atoms with E-state index < -0.39 is 0 Å². The van der Waals surface area contributed by atoms with Crippen LogP contribution in [-0.2, 0) is 6.54 Å². The van der Waals surface area contributed by atoms with Crippen LogP contribution < -0.4 is 5.32 Å². The first-order chi connectivity index (χ1) is 8.85. The molecule has 0 amide bonds. The summed E-state index contributed by atoms with van der Waals surface area (Å²) in [5.41, 5.74) is 1.61. The smallest absolute Gasteiger partial charge is 0.102 e. The number of benzene rings is 1. The zero-order chi connectivity index (χ0) is 12.8. The van der Waals surface area contributed by atoms with Gasteiger partial charge in [-0.15, -0.1) is 11.8 Å². The second-order valence-electron chi connectivity index (χ2n) is 3.72. The number of hydrogen-bond donors (Lipinski definition) is 1. The third-order valence-corrected chi connectivity index (χ3v) is 3.38. The second kappa shape index (κ2) is 6.12. The van der Waals surface area contributed by atoms with Gasteiger partial charge < -0.3 is 9.88 Å². The number of rotatable bonds is 5. The summed E-state index contributed by atoms with van der Waals surface area (Å²) >= 11 is 1.59. The molecule has 5 heteroatoms. The van der Waals surface area contributed by atoms with E-state index in [0.717, 1.165) is 29.2 Å². The van der Waals surface area contributed by atoms with E-state index in [-0.39, 0.29) is 0 Å². The fourth-order valence-corrected chi connectivity index (χ4v) is 2.28. The minimum atomic E-state index is 0.718. The number of aromatic nitrogens is 2. The standard InChI is InChI=1S/C13H14N4S/c1-18-13-4-2-3-12(11(13)9-14)16-6-8-17-7-5-15-10-17/h2-5,7,10,16H,6,8H2,1H3. The summed E-state index contributed by atoms with van der Waals surface area (Å²) in [4.78, 5) is 4.99. The van der Waals surface area contributed by atoms with Crippen molar-refractivity contribution in [2.75, 3.05) is 18.1 Å². The van der Waals surface area contributed by atoms with E-state index in [0.29, 0.717) is 0 Å². The van der Waals surface area contributed by atoms with Crippen LogP contribution >= 0.6 is 11.8 Å². The lowest BCUT2D eigenvalue weighted by Gasteiger charge is -2.10. The van der Waals surface area contributed by atoms with E-state index in [1.54, 1.807) is 24.3 Å². The van der Waals surface area contributed by atoms with Crippen LogP contribution in [0.1, 0.15) is 5.56 Å². The van der Waals surface area contributed by atoms with Crippen LogP contribution in [0.15, 0.2) is 41.8 Å². The van der Waals surface area contributed by atoms with Crippen LogP contribution in [0.5, 0.6) is 0 Å². The Labute approximate surface area is 111 Å². The summed E-state index contributed by atoms with van der Waals surface area (Å²) < 4.78 is 2.00. The average molecular weight is 258 g/mol. The molecule has 92 valence electrons. The van der Waals surface area contributed by atoms with Gasteiger partial charge in [-0.2, -0.15) is 5.26 Å². The first-order valence-electron chi connectivity index (χ1n) is 5.62. The van der Waals surface area contributed by atoms with Crippen molar-refractivity contribution in [2.45, 2.75) is 11.4 Å². The van der Waals surface area contributed by atoms with Crippen molar-refractivity contribution in [1.29, 1.82) is 5.26 Å². The van der Waals surface area contributed by atoms with Crippen molar-refractivity contribution in [3.05, 3.63) is 42.5 Å². The molecular weight excluding hydrogens is 244 g/mol. The van der Waals surface area contributed by atoms with Gasteiger partial charge in [0.25, 0.3) is 0 Å². The molecule has 0 atom stereocenters. The van der Waals surface area contributed by atoms with Crippen molar-refractivity contribution < 1.29 is 0 Å². The highest BCUT2D eigenvalue weighted by Gasteiger charge is 2.06. The van der Waals surface area contributed by atoms with Gasteiger partial charge in [0.1, 0.15) is 6.07 Å². The average Bonchev–Trinajstić information content (AvgIpc) is 2.91. The fraction of sp³-hybridized carbons (Fsp3) is 0.231. The summed E-state index contributed by atoms with van der Waals surface area (Å²) in [6.45, 7) is 1.59. The van der Waals surface area contributed by atoms with E-state index >= 15 is 0 Å². The molecule has 2 rings (SSSR count). The number of nitriles is 1. The Hall–Kier alpha value is -1.93. The Kier molecular flexibility index (Phi) is 4.26. The van der Waals surface area contributed by atoms with Crippen LogP contribution in [0.2, 0.25) is 0 Å². The van der Waals surface area contributed by atoms with Crippen molar-refractivity contribution in [1.82, 2.24) is 9.55 Å². The minimum absolute atomic E-state index is 0.718. The van der Waals surface area contributed by atoms with Crippen molar-refractivity contribution in [3.63, 3.8) is 0 Å². The second-order valence-corrected chi connectivity index (χ2v) is 4.57. The van der Waals surface area contributed by atoms with Crippen LogP contribution in [0.3, 0.4) is 0 Å². The molecule has 2 aromatic rings. The Morgan fingerprint density at radius 1 is 1.50 bits per heavy atom. The lowest BCUT2D eigenvalue weighted by atomic mass is 10.2. The molecule has 1 aromatic carbocycles. The predicted octanol–water partition coefficient (Wildman–Crippen LogP) is 2.59. The molecule has 0 spiro atoms. The van der Waals surface area contributed by atoms with Crippen molar-refractivity contribution in [2.24, 2.45) is 0 Å². The fourth-order valence-electron chi connectivity index (χ4n) is 1.70. The van der Waals surface area contributed by atoms with Crippen LogP contribution in [0.25, 0.3) is 0 Å². The number of imidazole rings is 1. The predicted molar refractivity (Wildman–Crippen MR) is 73.7 cm³/mol. The molecule has 0 saturated heterocycles. The molecule has 0 aliphatic heterocycles. The molecule has 1 aromatic heterocycles. The number of nitrogens with zero attached hydrogens (tertiary/aromatic N) is 3. The highest BCUT2D eigenvalue weighted by atomic mass is 32.2. The van der Waals surface area contributed by atoms with Crippen molar-refractivity contribution in [3.8, 4) is 6.07 Å². The van der Waals surface area contributed by atoms with Gasteiger partial charge in [0, 0.05) is 30.4 Å². The van der Waals surface area contributed by atoms with Gasteiger partial charge >= 0.3 is 0 Å². The van der Waals surface area contributed by atoms with Gasteiger partial charge in [0.15, 0.2) is 0 Å². The molecule has 1 heterocycles. The Morgan fingerprint density at radius 3 is 3.06 bits per heavy atom. The van der Waals surface area contributed by atoms with Gasteiger partial charge in [-0.05, 0) is 18.4 Å². The molecule has 0 aliphatic carbocycles. The molecule has 0 saturated carbocycles. The molecule has 0 unspecified atom stereocenters. The number of anilines is 1. The van der Waals surface area contributed by atoms with Crippen LogP contribution in [0.4, 0.5) is 5.69 Å². The van der Waals surface area contributed by atoms with Gasteiger partial charge in [-0.25, -0.2) is 4.98 Å². The molecule has 0 radical (unpaired) electrons. The molecule has 0 aliphatic rings. The largest absolute Gasteiger partial charge is 0.382 e. The first-order valence-corrected chi connectivity index (χ1v) is 6.84. The van der Waals surface area contributed by atoms with Gasteiger partial charge in [0.2, 0.25) is 0 Å². The third-order valence-electron chi connectivity index (χ3n) is 2.60. The molecule has 1 N–H and O–H groups in total. The quantitative estimate of drug-likeness (QED) is 0.837. The van der Waals surface area contributed by atoms with E-state index in [2.05, 4.69) is 16.4 Å². The van der Waals surface area contributed by atoms with E-state index in [4.69, 9.17) is 0 Å². The van der Waals surface area contributed by atoms with Gasteiger partial charge in [-0.3, -0.25) is 0 Å². The summed E-state index contributed by atoms with van der Waals surface area (Å²) in [6, 6.07) is 8.12. The summed E-state index contributed by atoms with van der Waals surface area (Å²) in [5, 5.41) is 12.5. The lowest BCUT2D eigenvalue weighted by molar-refractivity contribution is 0.726. The summed E-state index contributed by atoms with van der Waals surface area (Å²) in [6.07, 6.45) is 7.44. The van der Waals surface area contributed by atoms with Gasteiger partial charge in [-0.1, -0.05) is 6.07 Å². The first kappa shape index (κ1) is 12.5. The zero-order valence-corrected chi connectivity index (χ0v) is 10.9. The topological polar surface area (TPSA) is 53.6 Å². The van der Waals surface area contributed by atoms with E-state index in [1.165, 1.54) is 0 Å². The summed E-state index contributed by atoms with van der Waals surface area (Å²) in [5.74, 6) is 0. The molecule has 18 heavy (non-hydrogen) atoms. The van der Waals surface area contributed by atoms with Crippen LogP contribution in [-0.4, -0.2) is 22.4 Å². The highest BCUT2D eigenvalue weighted by Crippen LogP contribution is 2.25. The Balaban J connectivity index is 2.03. The Morgan fingerprint density at radius 2 is 2.39 bits per heavy atom. The van der Waals surface area contributed by atoms with E-state index in [9.17, 15) is 5.26 Å². The maximum absolute atomic E-state index is 9.20. The number of thioether (sulfide) groups is 1.